The Balaban J connectivity index is 2.52. The zero-order valence-corrected chi connectivity index (χ0v) is 12.0. The van der Waals surface area contributed by atoms with Crippen LogP contribution in [-0.4, -0.2) is 24.1 Å². The van der Waals surface area contributed by atoms with E-state index in [1.54, 1.807) is 18.2 Å². The molecule has 0 aliphatic rings. The van der Waals surface area contributed by atoms with E-state index in [0.29, 0.717) is 11.5 Å². The molecule has 21 heavy (non-hydrogen) atoms. The average molecular weight is 311 g/mol. The molecule has 0 bridgehead atoms. The van der Waals surface area contributed by atoms with E-state index >= 15 is 0 Å². The second-order valence-electron chi connectivity index (χ2n) is 3.81. The van der Waals surface area contributed by atoms with Crippen LogP contribution in [0.15, 0.2) is 30.3 Å². The molecule has 0 amide bonds. The van der Waals surface area contributed by atoms with Crippen molar-refractivity contribution in [2.45, 2.75) is 0 Å². The van der Waals surface area contributed by atoms with Crippen LogP contribution in [0.4, 0.5) is 5.69 Å². The molecule has 0 N–H and O–H groups in total. The molecule has 2 aromatic rings. The summed E-state index contributed by atoms with van der Waals surface area (Å²) < 4.78 is 15.8. The van der Waals surface area contributed by atoms with Crippen molar-refractivity contribution in [2.24, 2.45) is 0 Å². The van der Waals surface area contributed by atoms with Crippen molar-refractivity contribution >= 4 is 17.3 Å². The molecule has 110 valence electrons. The van der Waals surface area contributed by atoms with Gasteiger partial charge in [-0.2, -0.15) is 4.98 Å². The lowest BCUT2D eigenvalue weighted by Crippen LogP contribution is -1.99. The maximum atomic E-state index is 11.0. The molecule has 0 atom stereocenters. The van der Waals surface area contributed by atoms with E-state index in [2.05, 4.69) is 4.98 Å². The fourth-order valence-electron chi connectivity index (χ4n) is 1.64. The van der Waals surface area contributed by atoms with Gasteiger partial charge in [-0.25, -0.2) is 0 Å². The molecular formula is C13H11ClN2O5. The summed E-state index contributed by atoms with van der Waals surface area (Å²) in [6, 6.07) is 7.49. The summed E-state index contributed by atoms with van der Waals surface area (Å²) >= 11 is 5.76. The standard InChI is InChI=1S/C13H11ClN2O5/c1-19-9-4-3-5-10(20-2)12(9)21-13-8(16(17)18)6-7-11(14)15-13/h3-7H,1-2H3. The molecule has 0 saturated carbocycles. The molecule has 0 unspecified atom stereocenters. The number of ether oxygens (including phenoxy) is 3. The molecular weight excluding hydrogens is 300 g/mol. The van der Waals surface area contributed by atoms with Crippen LogP contribution in [0.1, 0.15) is 0 Å². The minimum absolute atomic E-state index is 0.0736. The largest absolute Gasteiger partial charge is 0.493 e. The lowest BCUT2D eigenvalue weighted by atomic mass is 10.3. The minimum atomic E-state index is -0.611. The number of nitrogens with zero attached hydrogens (tertiary/aromatic N) is 2. The smallest absolute Gasteiger partial charge is 0.331 e. The van der Waals surface area contributed by atoms with Crippen molar-refractivity contribution in [1.82, 2.24) is 4.98 Å². The van der Waals surface area contributed by atoms with Gasteiger partial charge in [0.15, 0.2) is 11.5 Å². The van der Waals surface area contributed by atoms with Crippen LogP contribution in [0.3, 0.4) is 0 Å². The van der Waals surface area contributed by atoms with Gasteiger partial charge in [-0.05, 0) is 18.2 Å². The summed E-state index contributed by atoms with van der Waals surface area (Å²) in [5, 5.41) is 11.1. The number of methoxy groups -OCH3 is 2. The van der Waals surface area contributed by atoms with E-state index in [-0.39, 0.29) is 22.5 Å². The van der Waals surface area contributed by atoms with Crippen molar-refractivity contribution in [2.75, 3.05) is 14.2 Å². The van der Waals surface area contributed by atoms with Gasteiger partial charge in [0.05, 0.1) is 19.1 Å². The summed E-state index contributed by atoms with van der Waals surface area (Å²) in [6.07, 6.45) is 0. The third-order valence-corrected chi connectivity index (χ3v) is 2.79. The highest BCUT2D eigenvalue weighted by atomic mass is 35.5. The Kier molecular flexibility index (Phi) is 4.44. The maximum absolute atomic E-state index is 11.0. The lowest BCUT2D eigenvalue weighted by Gasteiger charge is -2.13. The van der Waals surface area contributed by atoms with Gasteiger partial charge in [0.1, 0.15) is 5.15 Å². The summed E-state index contributed by atoms with van der Waals surface area (Å²) in [7, 11) is 2.89. The number of halogens is 1. The third kappa shape index (κ3) is 3.14. The van der Waals surface area contributed by atoms with Gasteiger partial charge < -0.3 is 14.2 Å². The van der Waals surface area contributed by atoms with Gasteiger partial charge in [-0.15, -0.1) is 0 Å². The van der Waals surface area contributed by atoms with Crippen LogP contribution in [-0.2, 0) is 0 Å². The highest BCUT2D eigenvalue weighted by Gasteiger charge is 2.21. The highest BCUT2D eigenvalue weighted by Crippen LogP contribution is 2.41. The van der Waals surface area contributed by atoms with Crippen LogP contribution in [0.25, 0.3) is 0 Å². The molecule has 0 aliphatic heterocycles. The Morgan fingerprint density at radius 2 is 1.76 bits per heavy atom. The Labute approximate surface area is 125 Å². The van der Waals surface area contributed by atoms with E-state index in [9.17, 15) is 10.1 Å². The molecule has 0 aliphatic carbocycles. The molecule has 0 saturated heterocycles. The van der Waals surface area contributed by atoms with E-state index < -0.39 is 4.92 Å². The van der Waals surface area contributed by atoms with Crippen LogP contribution in [0.5, 0.6) is 23.1 Å². The first-order valence-electron chi connectivity index (χ1n) is 5.76. The van der Waals surface area contributed by atoms with Gasteiger partial charge in [-0.3, -0.25) is 10.1 Å². The monoisotopic (exact) mass is 310 g/mol. The molecule has 8 heteroatoms. The van der Waals surface area contributed by atoms with Crippen molar-refractivity contribution in [1.29, 1.82) is 0 Å². The van der Waals surface area contributed by atoms with Gasteiger partial charge in [0.2, 0.25) is 5.75 Å². The van der Waals surface area contributed by atoms with Gasteiger partial charge in [-0.1, -0.05) is 17.7 Å². The van der Waals surface area contributed by atoms with Crippen LogP contribution < -0.4 is 14.2 Å². The molecule has 0 radical (unpaired) electrons. The molecule has 1 aromatic carbocycles. The SMILES string of the molecule is COc1cccc(OC)c1Oc1nc(Cl)ccc1[N+](=O)[O-]. The zero-order valence-electron chi connectivity index (χ0n) is 11.2. The summed E-state index contributed by atoms with van der Waals surface area (Å²) in [5.41, 5.74) is -0.313. The van der Waals surface area contributed by atoms with Crippen LogP contribution in [0, 0.1) is 10.1 Å². The number of rotatable bonds is 5. The number of hydrogen-bond acceptors (Lipinski definition) is 6. The van der Waals surface area contributed by atoms with Gasteiger partial charge >= 0.3 is 11.6 Å². The highest BCUT2D eigenvalue weighted by molar-refractivity contribution is 6.29. The number of hydrogen-bond donors (Lipinski definition) is 0. The molecule has 1 aromatic heterocycles. The number of nitro groups is 1. The number of para-hydroxylation sites is 1. The van der Waals surface area contributed by atoms with E-state index in [4.69, 9.17) is 25.8 Å². The lowest BCUT2D eigenvalue weighted by molar-refractivity contribution is -0.386. The van der Waals surface area contributed by atoms with Crippen molar-refractivity contribution in [3.8, 4) is 23.1 Å². The van der Waals surface area contributed by atoms with Gasteiger partial charge in [0.25, 0.3) is 0 Å². The number of pyridine rings is 1. The minimum Gasteiger partial charge on any atom is -0.493 e. The number of benzene rings is 1. The van der Waals surface area contributed by atoms with E-state index in [0.717, 1.165) is 0 Å². The fourth-order valence-corrected chi connectivity index (χ4v) is 1.78. The molecule has 2 rings (SSSR count). The zero-order chi connectivity index (χ0) is 15.4. The summed E-state index contributed by atoms with van der Waals surface area (Å²) in [5.74, 6) is 0.645. The Morgan fingerprint density at radius 3 is 2.29 bits per heavy atom. The predicted molar refractivity (Wildman–Crippen MR) is 75.5 cm³/mol. The maximum Gasteiger partial charge on any atom is 0.331 e. The van der Waals surface area contributed by atoms with Crippen molar-refractivity contribution in [3.63, 3.8) is 0 Å². The quantitative estimate of drug-likeness (QED) is 0.478. The Hall–Kier alpha value is -2.54. The molecule has 0 spiro atoms. The average Bonchev–Trinajstić information content (AvgIpc) is 2.47. The second kappa shape index (κ2) is 6.27. The normalized spacial score (nSPS) is 10.0. The Bertz CT molecular complexity index is 655. The van der Waals surface area contributed by atoms with Crippen LogP contribution >= 0.6 is 11.6 Å². The van der Waals surface area contributed by atoms with E-state index in [1.165, 1.54) is 26.4 Å². The second-order valence-corrected chi connectivity index (χ2v) is 4.20. The first-order valence-corrected chi connectivity index (χ1v) is 6.14. The summed E-state index contributed by atoms with van der Waals surface area (Å²) in [4.78, 5) is 14.2. The molecule has 1 heterocycles. The topological polar surface area (TPSA) is 83.7 Å². The molecule has 7 nitrogen and oxygen atoms in total. The third-order valence-electron chi connectivity index (χ3n) is 2.58. The van der Waals surface area contributed by atoms with Gasteiger partial charge in [0, 0.05) is 6.07 Å². The Morgan fingerprint density at radius 1 is 1.14 bits per heavy atom. The summed E-state index contributed by atoms with van der Waals surface area (Å²) in [6.45, 7) is 0. The first kappa shape index (κ1) is 14.9. The predicted octanol–water partition coefficient (Wildman–Crippen LogP) is 3.45. The fraction of sp³-hybridized carbons (Fsp3) is 0.154. The number of aromatic nitrogens is 1. The first-order chi connectivity index (χ1) is 10.1. The van der Waals surface area contributed by atoms with E-state index in [1.807, 2.05) is 0 Å². The van der Waals surface area contributed by atoms with Crippen LogP contribution in [0.2, 0.25) is 5.15 Å². The molecule has 0 fully saturated rings. The van der Waals surface area contributed by atoms with Crippen molar-refractivity contribution < 1.29 is 19.1 Å². The van der Waals surface area contributed by atoms with Crippen molar-refractivity contribution in [3.05, 3.63) is 45.6 Å².